The number of nitrogen functional groups attached to an aromatic ring is 1. The quantitative estimate of drug-likeness (QED) is 0.582. The lowest BCUT2D eigenvalue weighted by Gasteiger charge is -2.04. The number of ketones is 1. The van der Waals surface area contributed by atoms with Crippen LogP contribution in [0.2, 0.25) is 0 Å². The average Bonchev–Trinajstić information content (AvgIpc) is 2.89. The summed E-state index contributed by atoms with van der Waals surface area (Å²) in [6, 6.07) is 16.2. The van der Waals surface area contributed by atoms with Gasteiger partial charge in [0.15, 0.2) is 12.4 Å². The van der Waals surface area contributed by atoms with Gasteiger partial charge in [0.2, 0.25) is 5.78 Å². The highest BCUT2D eigenvalue weighted by atomic mass is 16.5. The maximum atomic E-state index is 12.0. The van der Waals surface area contributed by atoms with Crippen LogP contribution in [0.5, 0.6) is 5.75 Å². The van der Waals surface area contributed by atoms with E-state index in [1.54, 1.807) is 30.3 Å². The van der Waals surface area contributed by atoms with E-state index in [0.29, 0.717) is 22.8 Å². The Hall–Kier alpha value is -2.75. The zero-order chi connectivity index (χ0) is 13.9. The Morgan fingerprint density at radius 1 is 1.10 bits per heavy atom. The molecule has 20 heavy (non-hydrogen) atoms. The molecule has 2 N–H and O–H groups in total. The van der Waals surface area contributed by atoms with Gasteiger partial charge in [0.25, 0.3) is 0 Å². The van der Waals surface area contributed by atoms with Crippen LogP contribution in [0, 0.1) is 0 Å². The molecular weight excluding hydrogens is 254 g/mol. The molecule has 100 valence electrons. The molecule has 3 aromatic rings. The summed E-state index contributed by atoms with van der Waals surface area (Å²) in [4.78, 5) is 12.0. The molecule has 0 fully saturated rings. The fourth-order valence-corrected chi connectivity index (χ4v) is 1.94. The van der Waals surface area contributed by atoms with E-state index in [4.69, 9.17) is 14.9 Å². The monoisotopic (exact) mass is 267 g/mol. The van der Waals surface area contributed by atoms with Crippen molar-refractivity contribution in [3.8, 4) is 5.75 Å². The molecule has 0 atom stereocenters. The standard InChI is InChI=1S/C16H13NO3/c17-12-5-3-6-13(9-12)19-10-14(18)16-8-11-4-1-2-7-15(11)20-16/h1-9H,10,17H2. The summed E-state index contributed by atoms with van der Waals surface area (Å²) in [6.45, 7) is -0.0801. The topological polar surface area (TPSA) is 65.5 Å². The molecule has 0 aliphatic rings. The van der Waals surface area contributed by atoms with Crippen LogP contribution < -0.4 is 10.5 Å². The Labute approximate surface area is 115 Å². The number of carbonyl (C=O) groups excluding carboxylic acids is 1. The van der Waals surface area contributed by atoms with Gasteiger partial charge >= 0.3 is 0 Å². The highest BCUT2D eigenvalue weighted by Gasteiger charge is 2.12. The van der Waals surface area contributed by atoms with E-state index in [1.807, 2.05) is 24.3 Å². The van der Waals surface area contributed by atoms with Crippen molar-refractivity contribution in [3.05, 3.63) is 60.4 Å². The minimum absolute atomic E-state index is 0.0801. The second-order valence-corrected chi connectivity index (χ2v) is 4.43. The number of Topliss-reactive ketones (excluding diaryl/α,β-unsaturated/α-hetero) is 1. The summed E-state index contributed by atoms with van der Waals surface area (Å²) < 4.78 is 10.9. The predicted molar refractivity (Wildman–Crippen MR) is 76.9 cm³/mol. The molecular formula is C16H13NO3. The van der Waals surface area contributed by atoms with Crippen LogP contribution in [0.3, 0.4) is 0 Å². The third-order valence-corrected chi connectivity index (χ3v) is 2.93. The van der Waals surface area contributed by atoms with E-state index < -0.39 is 0 Å². The van der Waals surface area contributed by atoms with Gasteiger partial charge in [0.1, 0.15) is 11.3 Å². The Morgan fingerprint density at radius 2 is 1.95 bits per heavy atom. The molecule has 0 unspecified atom stereocenters. The first kappa shape index (κ1) is 12.3. The molecule has 0 saturated heterocycles. The van der Waals surface area contributed by atoms with Gasteiger partial charge in [-0.25, -0.2) is 0 Å². The highest BCUT2D eigenvalue weighted by Crippen LogP contribution is 2.20. The number of benzene rings is 2. The van der Waals surface area contributed by atoms with Gasteiger partial charge in [0, 0.05) is 17.1 Å². The number of ether oxygens (including phenoxy) is 1. The molecule has 2 aromatic carbocycles. The van der Waals surface area contributed by atoms with E-state index in [1.165, 1.54) is 0 Å². The Bertz CT molecular complexity index is 728. The molecule has 0 radical (unpaired) electrons. The predicted octanol–water partition coefficient (Wildman–Crippen LogP) is 3.28. The molecule has 0 saturated carbocycles. The summed E-state index contributed by atoms with van der Waals surface area (Å²) in [5, 5.41) is 0.903. The van der Waals surface area contributed by atoms with Gasteiger partial charge in [-0.2, -0.15) is 0 Å². The van der Waals surface area contributed by atoms with Gasteiger partial charge < -0.3 is 14.9 Å². The Balaban J connectivity index is 1.73. The van der Waals surface area contributed by atoms with Crippen molar-refractivity contribution in [2.45, 2.75) is 0 Å². The first-order valence-electron chi connectivity index (χ1n) is 6.22. The largest absolute Gasteiger partial charge is 0.485 e. The number of furan rings is 1. The van der Waals surface area contributed by atoms with Crippen molar-refractivity contribution in [2.75, 3.05) is 12.3 Å². The van der Waals surface area contributed by atoms with E-state index in [0.717, 1.165) is 5.39 Å². The summed E-state index contributed by atoms with van der Waals surface area (Å²) in [6.07, 6.45) is 0. The lowest BCUT2D eigenvalue weighted by Crippen LogP contribution is -2.10. The third-order valence-electron chi connectivity index (χ3n) is 2.93. The minimum Gasteiger partial charge on any atom is -0.485 e. The lowest BCUT2D eigenvalue weighted by molar-refractivity contribution is 0.0896. The van der Waals surface area contributed by atoms with Crippen LogP contribution >= 0.6 is 0 Å². The summed E-state index contributed by atoms with van der Waals surface area (Å²) in [5.74, 6) is 0.660. The van der Waals surface area contributed by atoms with Gasteiger partial charge in [-0.1, -0.05) is 24.3 Å². The Morgan fingerprint density at radius 3 is 2.75 bits per heavy atom. The molecule has 0 aliphatic carbocycles. The molecule has 0 aliphatic heterocycles. The lowest BCUT2D eigenvalue weighted by atomic mass is 10.2. The van der Waals surface area contributed by atoms with E-state index in [2.05, 4.69) is 0 Å². The number of hydrogen-bond donors (Lipinski definition) is 1. The van der Waals surface area contributed by atoms with Crippen molar-refractivity contribution in [1.29, 1.82) is 0 Å². The molecule has 0 spiro atoms. The molecule has 0 amide bonds. The number of nitrogens with two attached hydrogens (primary N) is 1. The molecule has 1 heterocycles. The summed E-state index contributed by atoms with van der Waals surface area (Å²) >= 11 is 0. The molecule has 0 bridgehead atoms. The van der Waals surface area contributed by atoms with Crippen molar-refractivity contribution in [3.63, 3.8) is 0 Å². The molecule has 1 aromatic heterocycles. The van der Waals surface area contributed by atoms with Gasteiger partial charge in [-0.3, -0.25) is 4.79 Å². The van der Waals surface area contributed by atoms with Crippen molar-refractivity contribution >= 4 is 22.4 Å². The summed E-state index contributed by atoms with van der Waals surface area (Å²) in [5.41, 5.74) is 6.93. The zero-order valence-electron chi connectivity index (χ0n) is 10.7. The van der Waals surface area contributed by atoms with Crippen molar-refractivity contribution in [2.24, 2.45) is 0 Å². The van der Waals surface area contributed by atoms with E-state index in [-0.39, 0.29) is 12.4 Å². The highest BCUT2D eigenvalue weighted by molar-refractivity contribution is 5.98. The second kappa shape index (κ2) is 5.09. The van der Waals surface area contributed by atoms with Crippen LogP contribution in [-0.4, -0.2) is 12.4 Å². The SMILES string of the molecule is Nc1cccc(OCC(=O)c2cc3ccccc3o2)c1. The smallest absolute Gasteiger partial charge is 0.235 e. The van der Waals surface area contributed by atoms with E-state index >= 15 is 0 Å². The van der Waals surface area contributed by atoms with Crippen LogP contribution in [0.4, 0.5) is 5.69 Å². The fraction of sp³-hybridized carbons (Fsp3) is 0.0625. The first-order chi connectivity index (χ1) is 9.72. The minimum atomic E-state index is -0.205. The van der Waals surface area contributed by atoms with E-state index in [9.17, 15) is 4.79 Å². The van der Waals surface area contributed by atoms with Crippen LogP contribution in [-0.2, 0) is 0 Å². The molecule has 3 rings (SSSR count). The normalized spacial score (nSPS) is 10.6. The maximum Gasteiger partial charge on any atom is 0.235 e. The van der Waals surface area contributed by atoms with Gasteiger partial charge in [0.05, 0.1) is 0 Å². The van der Waals surface area contributed by atoms with Gasteiger partial charge in [-0.15, -0.1) is 0 Å². The summed E-state index contributed by atoms with van der Waals surface area (Å²) in [7, 11) is 0. The number of hydrogen-bond acceptors (Lipinski definition) is 4. The van der Waals surface area contributed by atoms with Crippen LogP contribution in [0.15, 0.2) is 59.0 Å². The first-order valence-corrected chi connectivity index (χ1v) is 6.22. The molecule has 4 nitrogen and oxygen atoms in total. The van der Waals surface area contributed by atoms with Gasteiger partial charge in [-0.05, 0) is 24.3 Å². The zero-order valence-corrected chi connectivity index (χ0v) is 10.7. The number of rotatable bonds is 4. The van der Waals surface area contributed by atoms with Crippen LogP contribution in [0.1, 0.15) is 10.6 Å². The molecule has 4 heteroatoms. The number of anilines is 1. The second-order valence-electron chi connectivity index (χ2n) is 4.43. The number of fused-ring (bicyclic) bond motifs is 1. The van der Waals surface area contributed by atoms with Crippen molar-refractivity contribution < 1.29 is 13.9 Å². The third kappa shape index (κ3) is 2.49. The number of carbonyl (C=O) groups is 1. The Kier molecular flexibility index (Phi) is 3.13. The maximum absolute atomic E-state index is 12.0. The van der Waals surface area contributed by atoms with Crippen LogP contribution in [0.25, 0.3) is 11.0 Å². The average molecular weight is 267 g/mol. The fourth-order valence-electron chi connectivity index (χ4n) is 1.94. The van der Waals surface area contributed by atoms with Crippen molar-refractivity contribution in [1.82, 2.24) is 0 Å². The number of para-hydroxylation sites is 1.